The zero-order valence-electron chi connectivity index (χ0n) is 12.2. The van der Waals surface area contributed by atoms with Crippen LogP contribution < -0.4 is 0 Å². The van der Waals surface area contributed by atoms with Crippen molar-refractivity contribution in [1.29, 1.82) is 0 Å². The molecule has 2 aromatic carbocycles. The first-order valence-corrected chi connectivity index (χ1v) is 7.74. The molecule has 0 spiro atoms. The molecule has 1 heterocycles. The van der Waals surface area contributed by atoms with Crippen molar-refractivity contribution in [2.45, 2.75) is 24.5 Å². The minimum atomic E-state index is -1.00. The van der Waals surface area contributed by atoms with Crippen molar-refractivity contribution < 1.29 is 5.11 Å². The predicted molar refractivity (Wildman–Crippen MR) is 86.5 cm³/mol. The lowest BCUT2D eigenvalue weighted by Gasteiger charge is -2.38. The first kappa shape index (κ1) is 14.6. The SMILES string of the molecule is CN1CCC[C@H]1C(O)(c1ccccc1)c1ccc(Cl)cc1. The fourth-order valence-corrected chi connectivity index (χ4v) is 3.51. The minimum absolute atomic E-state index is 0.0843. The number of likely N-dealkylation sites (N-methyl/N-ethyl adjacent to an activating group) is 1. The quantitative estimate of drug-likeness (QED) is 0.935. The summed E-state index contributed by atoms with van der Waals surface area (Å²) < 4.78 is 0. The number of hydrogen-bond acceptors (Lipinski definition) is 2. The van der Waals surface area contributed by atoms with Crippen LogP contribution in [0.2, 0.25) is 5.02 Å². The molecule has 1 fully saturated rings. The second-order valence-corrected chi connectivity index (χ2v) is 6.21. The molecule has 1 aliphatic rings. The standard InChI is InChI=1S/C18H20ClNO/c1-20-13-5-8-17(20)18(21,14-6-3-2-4-7-14)15-9-11-16(19)12-10-15/h2-4,6-7,9-12,17,21H,5,8,13H2,1H3/t17-,18?/m0/s1. The van der Waals surface area contributed by atoms with Crippen LogP contribution in [0, 0.1) is 0 Å². The van der Waals surface area contributed by atoms with Crippen LogP contribution >= 0.6 is 11.6 Å². The van der Waals surface area contributed by atoms with Crippen LogP contribution in [0.3, 0.4) is 0 Å². The summed E-state index contributed by atoms with van der Waals surface area (Å²) >= 11 is 6.00. The monoisotopic (exact) mass is 301 g/mol. The molecule has 2 aromatic rings. The van der Waals surface area contributed by atoms with Gasteiger partial charge in [-0.2, -0.15) is 0 Å². The number of nitrogens with zero attached hydrogens (tertiary/aromatic N) is 1. The Labute approximate surface area is 131 Å². The fraction of sp³-hybridized carbons (Fsp3) is 0.333. The summed E-state index contributed by atoms with van der Waals surface area (Å²) in [6.45, 7) is 1.02. The molecule has 1 unspecified atom stereocenters. The molecule has 3 heteroatoms. The van der Waals surface area contributed by atoms with E-state index in [1.165, 1.54) is 0 Å². The van der Waals surface area contributed by atoms with E-state index in [4.69, 9.17) is 11.6 Å². The van der Waals surface area contributed by atoms with Crippen LogP contribution in [0.1, 0.15) is 24.0 Å². The Morgan fingerprint density at radius 2 is 1.67 bits per heavy atom. The van der Waals surface area contributed by atoms with Crippen LogP contribution in [-0.2, 0) is 5.60 Å². The predicted octanol–water partition coefficient (Wildman–Crippen LogP) is 3.67. The molecule has 0 saturated carbocycles. The van der Waals surface area contributed by atoms with Gasteiger partial charge >= 0.3 is 0 Å². The van der Waals surface area contributed by atoms with Gasteiger partial charge in [0.2, 0.25) is 0 Å². The van der Waals surface area contributed by atoms with E-state index in [9.17, 15) is 5.11 Å². The Morgan fingerprint density at radius 3 is 2.24 bits per heavy atom. The Balaban J connectivity index is 2.12. The molecule has 1 aliphatic heterocycles. The van der Waals surface area contributed by atoms with Gasteiger partial charge in [0.05, 0.1) is 0 Å². The first-order valence-electron chi connectivity index (χ1n) is 7.36. The van der Waals surface area contributed by atoms with Gasteiger partial charge in [-0.15, -0.1) is 0 Å². The lowest BCUT2D eigenvalue weighted by Crippen LogP contribution is -2.46. The number of rotatable bonds is 3. The van der Waals surface area contributed by atoms with Crippen molar-refractivity contribution >= 4 is 11.6 Å². The molecule has 1 saturated heterocycles. The fourth-order valence-electron chi connectivity index (χ4n) is 3.39. The van der Waals surface area contributed by atoms with Crippen LogP contribution in [0.25, 0.3) is 0 Å². The highest BCUT2D eigenvalue weighted by Gasteiger charge is 2.44. The Hall–Kier alpha value is -1.35. The maximum Gasteiger partial charge on any atom is 0.130 e. The summed E-state index contributed by atoms with van der Waals surface area (Å²) in [7, 11) is 2.08. The highest BCUT2D eigenvalue weighted by atomic mass is 35.5. The second-order valence-electron chi connectivity index (χ2n) is 5.78. The molecular formula is C18H20ClNO. The van der Waals surface area contributed by atoms with Crippen molar-refractivity contribution in [3.8, 4) is 0 Å². The molecular weight excluding hydrogens is 282 g/mol. The second kappa shape index (κ2) is 5.80. The van der Waals surface area contributed by atoms with Crippen molar-refractivity contribution in [2.24, 2.45) is 0 Å². The van der Waals surface area contributed by atoms with Gasteiger partial charge in [-0.3, -0.25) is 4.90 Å². The smallest absolute Gasteiger partial charge is 0.130 e. The van der Waals surface area contributed by atoms with Crippen molar-refractivity contribution in [3.63, 3.8) is 0 Å². The summed E-state index contributed by atoms with van der Waals surface area (Å²) in [4.78, 5) is 2.25. The highest BCUT2D eigenvalue weighted by molar-refractivity contribution is 6.30. The van der Waals surface area contributed by atoms with E-state index < -0.39 is 5.60 Å². The van der Waals surface area contributed by atoms with E-state index in [1.54, 1.807) is 0 Å². The highest BCUT2D eigenvalue weighted by Crippen LogP contribution is 2.39. The molecule has 110 valence electrons. The van der Waals surface area contributed by atoms with E-state index in [-0.39, 0.29) is 6.04 Å². The molecule has 0 radical (unpaired) electrons. The third kappa shape index (κ3) is 2.59. The molecule has 2 atom stereocenters. The maximum atomic E-state index is 11.6. The number of hydrogen-bond donors (Lipinski definition) is 1. The summed E-state index contributed by atoms with van der Waals surface area (Å²) in [5.74, 6) is 0. The molecule has 21 heavy (non-hydrogen) atoms. The topological polar surface area (TPSA) is 23.5 Å². The van der Waals surface area contributed by atoms with E-state index in [2.05, 4.69) is 11.9 Å². The van der Waals surface area contributed by atoms with Gasteiger partial charge in [0, 0.05) is 11.1 Å². The van der Waals surface area contributed by atoms with Crippen LogP contribution in [-0.4, -0.2) is 29.6 Å². The summed E-state index contributed by atoms with van der Waals surface area (Å²) in [6.07, 6.45) is 2.11. The zero-order chi connectivity index (χ0) is 14.9. The van der Waals surface area contributed by atoms with E-state index in [0.29, 0.717) is 5.02 Å². The Bertz CT molecular complexity index is 598. The van der Waals surface area contributed by atoms with Gasteiger partial charge in [-0.05, 0) is 49.7 Å². The lowest BCUT2D eigenvalue weighted by molar-refractivity contribution is 0.00469. The molecule has 0 aliphatic carbocycles. The lowest BCUT2D eigenvalue weighted by atomic mass is 9.79. The van der Waals surface area contributed by atoms with Gasteiger partial charge in [-0.25, -0.2) is 0 Å². The third-order valence-electron chi connectivity index (χ3n) is 4.50. The summed E-state index contributed by atoms with van der Waals surface area (Å²) in [6, 6.07) is 17.6. The van der Waals surface area contributed by atoms with Crippen LogP contribution in [0.4, 0.5) is 0 Å². The molecule has 0 aromatic heterocycles. The van der Waals surface area contributed by atoms with E-state index in [1.807, 2.05) is 54.6 Å². The number of aliphatic hydroxyl groups is 1. The average molecular weight is 302 g/mol. The molecule has 0 amide bonds. The van der Waals surface area contributed by atoms with Crippen LogP contribution in [0.5, 0.6) is 0 Å². The van der Waals surface area contributed by atoms with Gasteiger partial charge in [0.25, 0.3) is 0 Å². The largest absolute Gasteiger partial charge is 0.379 e. The van der Waals surface area contributed by atoms with Gasteiger partial charge in [0.15, 0.2) is 0 Å². The number of benzene rings is 2. The van der Waals surface area contributed by atoms with E-state index in [0.717, 1.165) is 30.5 Å². The maximum absolute atomic E-state index is 11.6. The van der Waals surface area contributed by atoms with Crippen molar-refractivity contribution in [3.05, 3.63) is 70.7 Å². The average Bonchev–Trinajstić information content (AvgIpc) is 2.95. The summed E-state index contributed by atoms with van der Waals surface area (Å²) in [5, 5.41) is 12.3. The summed E-state index contributed by atoms with van der Waals surface area (Å²) in [5.41, 5.74) is 0.833. The van der Waals surface area contributed by atoms with Gasteiger partial charge in [0.1, 0.15) is 5.60 Å². The minimum Gasteiger partial charge on any atom is -0.379 e. The molecule has 1 N–H and O–H groups in total. The molecule has 3 rings (SSSR count). The van der Waals surface area contributed by atoms with Gasteiger partial charge in [-0.1, -0.05) is 54.1 Å². The molecule has 0 bridgehead atoms. The first-order chi connectivity index (χ1) is 10.1. The third-order valence-corrected chi connectivity index (χ3v) is 4.75. The van der Waals surface area contributed by atoms with Crippen molar-refractivity contribution in [1.82, 2.24) is 4.90 Å². The zero-order valence-corrected chi connectivity index (χ0v) is 12.9. The number of likely N-dealkylation sites (tertiary alicyclic amines) is 1. The Kier molecular flexibility index (Phi) is 4.03. The van der Waals surface area contributed by atoms with Gasteiger partial charge < -0.3 is 5.11 Å². The van der Waals surface area contributed by atoms with Crippen molar-refractivity contribution in [2.75, 3.05) is 13.6 Å². The normalized spacial score (nSPS) is 22.1. The van der Waals surface area contributed by atoms with E-state index >= 15 is 0 Å². The molecule has 2 nitrogen and oxygen atoms in total. The van der Waals surface area contributed by atoms with Crippen LogP contribution in [0.15, 0.2) is 54.6 Å². The number of halogens is 1. The Morgan fingerprint density at radius 1 is 1.05 bits per heavy atom.